The first kappa shape index (κ1) is 20.4. The van der Waals surface area contributed by atoms with E-state index in [4.69, 9.17) is 26.8 Å². The van der Waals surface area contributed by atoms with Gasteiger partial charge in [0.2, 0.25) is 0 Å². The summed E-state index contributed by atoms with van der Waals surface area (Å²) in [7, 11) is 0. The molecule has 2 unspecified atom stereocenters. The average Bonchev–Trinajstić information content (AvgIpc) is 3.37. The van der Waals surface area contributed by atoms with Crippen molar-refractivity contribution >= 4 is 29.1 Å². The fraction of sp³-hybridized carbons (Fsp3) is 0.778. The zero-order valence-electron chi connectivity index (χ0n) is 16.1. The third-order valence-corrected chi connectivity index (χ3v) is 6.05. The van der Waals surface area contributed by atoms with Crippen LogP contribution in [0.25, 0.3) is 0 Å². The Bertz CT molecular complexity index is 616. The van der Waals surface area contributed by atoms with Crippen LogP contribution in [0.15, 0.2) is 5.16 Å². The first-order chi connectivity index (χ1) is 13.1. The van der Waals surface area contributed by atoms with E-state index in [2.05, 4.69) is 16.9 Å². The van der Waals surface area contributed by atoms with Crippen molar-refractivity contribution in [2.45, 2.75) is 62.8 Å². The van der Waals surface area contributed by atoms with Crippen LogP contribution in [-0.2, 0) is 9.47 Å². The molecule has 0 aromatic carbocycles. The van der Waals surface area contributed by atoms with Gasteiger partial charge in [-0.25, -0.2) is 15.8 Å². The largest absolute Gasteiger partial charge is 0.393 e. The minimum absolute atomic E-state index is 0.128. The van der Waals surface area contributed by atoms with Crippen molar-refractivity contribution in [2.75, 3.05) is 42.0 Å². The standard InChI is InChI=1S/C18H32N6O2S/c1-2-9-27-18-22-16(20)15(19)17(23-18)24(21)13-5-6-14(10-13)26-8-7-25-11-12-3-4-12/h12-14H,2-11,19,21H2,1H3,(H2,20,22,23). The fourth-order valence-electron chi connectivity index (χ4n) is 3.21. The smallest absolute Gasteiger partial charge is 0.191 e. The molecule has 2 saturated carbocycles. The summed E-state index contributed by atoms with van der Waals surface area (Å²) < 4.78 is 11.6. The van der Waals surface area contributed by atoms with E-state index in [9.17, 15) is 0 Å². The lowest BCUT2D eigenvalue weighted by molar-refractivity contribution is 0.00506. The number of thioether (sulfide) groups is 1. The summed E-state index contributed by atoms with van der Waals surface area (Å²) in [5.74, 6) is 8.88. The maximum absolute atomic E-state index is 6.36. The van der Waals surface area contributed by atoms with Crippen LogP contribution in [0.3, 0.4) is 0 Å². The summed E-state index contributed by atoms with van der Waals surface area (Å²) >= 11 is 1.56. The molecule has 0 amide bonds. The van der Waals surface area contributed by atoms with Crippen LogP contribution in [0.2, 0.25) is 0 Å². The molecule has 0 spiro atoms. The van der Waals surface area contributed by atoms with Crippen molar-refractivity contribution in [1.29, 1.82) is 0 Å². The number of nitrogens with zero attached hydrogens (tertiary/aromatic N) is 3. The van der Waals surface area contributed by atoms with Gasteiger partial charge in [-0.15, -0.1) is 0 Å². The van der Waals surface area contributed by atoms with Crippen molar-refractivity contribution in [3.63, 3.8) is 0 Å². The van der Waals surface area contributed by atoms with Crippen LogP contribution in [0, 0.1) is 5.92 Å². The highest BCUT2D eigenvalue weighted by atomic mass is 32.2. The molecule has 2 fully saturated rings. The molecule has 1 aromatic heterocycles. The predicted octanol–water partition coefficient (Wildman–Crippen LogP) is 2.19. The van der Waals surface area contributed by atoms with E-state index >= 15 is 0 Å². The molecule has 27 heavy (non-hydrogen) atoms. The second kappa shape index (κ2) is 9.77. The molecule has 8 nitrogen and oxygen atoms in total. The lowest BCUT2D eigenvalue weighted by Crippen LogP contribution is -2.41. The summed E-state index contributed by atoms with van der Waals surface area (Å²) in [6.45, 7) is 4.28. The van der Waals surface area contributed by atoms with Gasteiger partial charge in [-0.05, 0) is 44.4 Å². The first-order valence-electron chi connectivity index (χ1n) is 9.87. The Morgan fingerprint density at radius 2 is 1.96 bits per heavy atom. The van der Waals surface area contributed by atoms with Gasteiger partial charge in [0.15, 0.2) is 16.8 Å². The van der Waals surface area contributed by atoms with E-state index in [1.54, 1.807) is 16.8 Å². The van der Waals surface area contributed by atoms with Crippen LogP contribution >= 0.6 is 11.8 Å². The molecule has 3 rings (SSSR count). The number of hydrogen-bond donors (Lipinski definition) is 3. The number of nitrogens with two attached hydrogens (primary N) is 3. The van der Waals surface area contributed by atoms with E-state index in [-0.39, 0.29) is 18.0 Å². The molecule has 2 atom stereocenters. The number of anilines is 3. The Morgan fingerprint density at radius 1 is 1.15 bits per heavy atom. The normalized spacial score (nSPS) is 22.3. The maximum Gasteiger partial charge on any atom is 0.191 e. The Morgan fingerprint density at radius 3 is 2.70 bits per heavy atom. The van der Waals surface area contributed by atoms with E-state index in [0.717, 1.165) is 44.0 Å². The Labute approximate surface area is 165 Å². The van der Waals surface area contributed by atoms with E-state index < -0.39 is 0 Å². The summed E-state index contributed by atoms with van der Waals surface area (Å²) in [6.07, 6.45) is 6.61. The van der Waals surface area contributed by atoms with Gasteiger partial charge >= 0.3 is 0 Å². The van der Waals surface area contributed by atoms with Crippen molar-refractivity contribution in [2.24, 2.45) is 11.8 Å². The molecule has 0 aliphatic heterocycles. The van der Waals surface area contributed by atoms with Gasteiger partial charge in [-0.1, -0.05) is 18.7 Å². The van der Waals surface area contributed by atoms with Gasteiger partial charge in [-0.2, -0.15) is 0 Å². The minimum atomic E-state index is 0.128. The van der Waals surface area contributed by atoms with Crippen LogP contribution in [0.4, 0.5) is 17.3 Å². The maximum atomic E-state index is 6.36. The zero-order valence-corrected chi connectivity index (χ0v) is 16.9. The average molecular weight is 397 g/mol. The Kier molecular flexibility index (Phi) is 7.40. The molecular formula is C18H32N6O2S. The van der Waals surface area contributed by atoms with Crippen LogP contribution in [-0.4, -0.2) is 47.7 Å². The summed E-state index contributed by atoms with van der Waals surface area (Å²) in [5.41, 5.74) is 12.4. The zero-order chi connectivity index (χ0) is 19.2. The number of aromatic nitrogens is 2. The third kappa shape index (κ3) is 5.84. The molecule has 9 heteroatoms. The van der Waals surface area contributed by atoms with E-state index in [1.807, 2.05) is 0 Å². The molecule has 0 saturated heterocycles. The molecule has 1 heterocycles. The molecule has 6 N–H and O–H groups in total. The quantitative estimate of drug-likeness (QED) is 0.170. The third-order valence-electron chi connectivity index (χ3n) is 5.00. The van der Waals surface area contributed by atoms with E-state index in [1.165, 1.54) is 12.8 Å². The molecule has 1 aromatic rings. The van der Waals surface area contributed by atoms with Gasteiger partial charge in [0, 0.05) is 18.4 Å². The molecule has 152 valence electrons. The molecule has 2 aliphatic rings. The number of hydrogen-bond acceptors (Lipinski definition) is 9. The van der Waals surface area contributed by atoms with Crippen molar-refractivity contribution in [3.8, 4) is 0 Å². The predicted molar refractivity (Wildman–Crippen MR) is 109 cm³/mol. The molecule has 0 bridgehead atoms. The topological polar surface area (TPSA) is 126 Å². The van der Waals surface area contributed by atoms with Gasteiger partial charge in [0.25, 0.3) is 0 Å². The SMILES string of the molecule is CCCSc1nc(N)c(N)c(N(N)C2CCC(OCCOCC3CC3)C2)n1. The number of rotatable bonds is 11. The summed E-state index contributed by atoms with van der Waals surface area (Å²) in [6, 6.07) is 0.128. The summed E-state index contributed by atoms with van der Waals surface area (Å²) in [5, 5.41) is 2.27. The Hall–Kier alpha value is -1.29. The molecule has 0 radical (unpaired) electrons. The van der Waals surface area contributed by atoms with Gasteiger partial charge in [0.05, 0.1) is 19.3 Å². The lowest BCUT2D eigenvalue weighted by Gasteiger charge is -2.26. The van der Waals surface area contributed by atoms with Crippen LogP contribution < -0.4 is 22.3 Å². The number of ether oxygens (including phenoxy) is 2. The summed E-state index contributed by atoms with van der Waals surface area (Å²) in [4.78, 5) is 8.79. The highest BCUT2D eigenvalue weighted by molar-refractivity contribution is 7.99. The second-order valence-electron chi connectivity index (χ2n) is 7.36. The first-order valence-corrected chi connectivity index (χ1v) is 10.9. The highest BCUT2D eigenvalue weighted by Crippen LogP contribution is 2.33. The second-order valence-corrected chi connectivity index (χ2v) is 8.42. The monoisotopic (exact) mass is 396 g/mol. The fourth-order valence-corrected chi connectivity index (χ4v) is 3.91. The van der Waals surface area contributed by atoms with E-state index in [0.29, 0.717) is 29.9 Å². The number of nitrogen functional groups attached to an aromatic ring is 2. The Balaban J connectivity index is 1.49. The molecular weight excluding hydrogens is 364 g/mol. The minimum Gasteiger partial charge on any atom is -0.393 e. The van der Waals surface area contributed by atoms with Crippen LogP contribution in [0.1, 0.15) is 45.4 Å². The van der Waals surface area contributed by atoms with Gasteiger partial charge in [0.1, 0.15) is 5.69 Å². The van der Waals surface area contributed by atoms with Crippen molar-refractivity contribution < 1.29 is 9.47 Å². The molecule has 2 aliphatic carbocycles. The van der Waals surface area contributed by atoms with Gasteiger partial charge < -0.3 is 20.9 Å². The van der Waals surface area contributed by atoms with Crippen LogP contribution in [0.5, 0.6) is 0 Å². The van der Waals surface area contributed by atoms with Crippen molar-refractivity contribution in [3.05, 3.63) is 0 Å². The van der Waals surface area contributed by atoms with Crippen molar-refractivity contribution in [1.82, 2.24) is 9.97 Å². The number of hydrazine groups is 1. The van der Waals surface area contributed by atoms with Gasteiger partial charge in [-0.3, -0.25) is 5.01 Å². The lowest BCUT2D eigenvalue weighted by atomic mass is 10.2. The highest BCUT2D eigenvalue weighted by Gasteiger charge is 2.31.